The van der Waals surface area contributed by atoms with Crippen LogP contribution >= 0.6 is 0 Å². The first-order chi connectivity index (χ1) is 17.0. The third-order valence-electron chi connectivity index (χ3n) is 6.70. The van der Waals surface area contributed by atoms with Crippen LogP contribution in [-0.4, -0.2) is 45.4 Å². The van der Waals surface area contributed by atoms with Gasteiger partial charge in [-0.2, -0.15) is 0 Å². The molecule has 4 aromatic rings. The number of β-amino-alcohol motifs (C(OH)–C–C–N with tert-alkyl or cyclic N) is 1. The molecule has 0 aliphatic carbocycles. The van der Waals surface area contributed by atoms with E-state index in [-0.39, 0.29) is 12.1 Å². The molecule has 1 unspecified atom stereocenters. The highest BCUT2D eigenvalue weighted by Gasteiger charge is 2.21. The second-order valence-electron chi connectivity index (χ2n) is 9.06. The van der Waals surface area contributed by atoms with Crippen LogP contribution in [0.4, 0.5) is 0 Å². The van der Waals surface area contributed by atoms with E-state index < -0.39 is 11.8 Å². The lowest BCUT2D eigenvalue weighted by Gasteiger charge is -2.30. The summed E-state index contributed by atoms with van der Waals surface area (Å²) in [5, 5.41) is 11.4. The summed E-state index contributed by atoms with van der Waals surface area (Å²) >= 11 is 0. The van der Waals surface area contributed by atoms with Gasteiger partial charge in [-0.3, -0.25) is 18.8 Å². The molecule has 2 heterocycles. The molecular weight excluding hydrogens is 442 g/mol. The number of para-hydroxylation sites is 1. The van der Waals surface area contributed by atoms with E-state index in [4.69, 9.17) is 4.74 Å². The van der Waals surface area contributed by atoms with E-state index >= 15 is 0 Å². The van der Waals surface area contributed by atoms with E-state index in [0.717, 1.165) is 30.8 Å². The van der Waals surface area contributed by atoms with Crippen LogP contribution in [-0.2, 0) is 26.1 Å². The number of fused-ring (bicyclic) bond motifs is 2. The summed E-state index contributed by atoms with van der Waals surface area (Å²) in [5.41, 5.74) is 3.29. The number of aliphatic hydroxyl groups excluding tert-OH is 1. The Hall–Kier alpha value is -3.68. The highest BCUT2D eigenvalue weighted by atomic mass is 16.5. The molecule has 1 aliphatic heterocycles. The zero-order valence-electron chi connectivity index (χ0n) is 19.8. The number of hydrogen-bond donors (Lipinski definition) is 1. The minimum Gasteiger partial charge on any atom is -0.497 e. The number of nitrogens with zero attached hydrogens (tertiary/aromatic N) is 3. The first kappa shape index (κ1) is 23.1. The summed E-state index contributed by atoms with van der Waals surface area (Å²) in [4.78, 5) is 28.9. The quantitative estimate of drug-likeness (QED) is 0.449. The zero-order valence-corrected chi connectivity index (χ0v) is 19.8. The molecule has 1 atom stereocenters. The number of hydrogen-bond acceptors (Lipinski definition) is 5. The fraction of sp³-hybridized carbons (Fsp3) is 0.286. The van der Waals surface area contributed by atoms with Crippen LogP contribution in [0.3, 0.4) is 0 Å². The van der Waals surface area contributed by atoms with Gasteiger partial charge in [0.05, 0.1) is 37.2 Å². The molecule has 1 aromatic heterocycles. The molecule has 1 aliphatic rings. The Morgan fingerprint density at radius 2 is 1.60 bits per heavy atom. The fourth-order valence-corrected chi connectivity index (χ4v) is 4.87. The second-order valence-corrected chi connectivity index (χ2v) is 9.06. The van der Waals surface area contributed by atoms with Gasteiger partial charge < -0.3 is 9.84 Å². The summed E-state index contributed by atoms with van der Waals surface area (Å²) in [6, 6.07) is 22.9. The van der Waals surface area contributed by atoms with Crippen molar-refractivity contribution < 1.29 is 9.84 Å². The Morgan fingerprint density at radius 3 is 2.37 bits per heavy atom. The number of aliphatic hydroxyl groups is 1. The van der Waals surface area contributed by atoms with E-state index in [1.807, 2.05) is 42.5 Å². The van der Waals surface area contributed by atoms with Crippen molar-refractivity contribution in [3.05, 3.63) is 110 Å². The molecule has 180 valence electrons. The van der Waals surface area contributed by atoms with Crippen LogP contribution in [0.5, 0.6) is 5.75 Å². The molecule has 35 heavy (non-hydrogen) atoms. The SMILES string of the molecule is COc1ccc(Cn2c(=O)n(CC(O)CN3CCc4ccccc4C3)c(=O)c3ccccc32)cc1. The summed E-state index contributed by atoms with van der Waals surface area (Å²) in [6.45, 7) is 2.24. The van der Waals surface area contributed by atoms with E-state index in [9.17, 15) is 14.7 Å². The average Bonchev–Trinajstić information content (AvgIpc) is 2.89. The smallest absolute Gasteiger partial charge is 0.331 e. The molecule has 0 fully saturated rings. The summed E-state index contributed by atoms with van der Waals surface area (Å²) in [6.07, 6.45) is 0.0780. The van der Waals surface area contributed by atoms with Crippen molar-refractivity contribution in [2.24, 2.45) is 0 Å². The third kappa shape index (κ3) is 4.78. The number of methoxy groups -OCH3 is 1. The van der Waals surface area contributed by atoms with Crippen molar-refractivity contribution in [3.8, 4) is 5.75 Å². The van der Waals surface area contributed by atoms with Crippen molar-refractivity contribution in [1.29, 1.82) is 0 Å². The van der Waals surface area contributed by atoms with E-state index in [1.165, 1.54) is 15.7 Å². The van der Waals surface area contributed by atoms with Crippen LogP contribution in [0.25, 0.3) is 10.9 Å². The first-order valence-corrected chi connectivity index (χ1v) is 11.9. The molecule has 0 spiro atoms. The van der Waals surface area contributed by atoms with Gasteiger partial charge >= 0.3 is 5.69 Å². The van der Waals surface area contributed by atoms with Gasteiger partial charge in [-0.1, -0.05) is 48.5 Å². The Kier molecular flexibility index (Phi) is 6.53. The van der Waals surface area contributed by atoms with E-state index in [1.54, 1.807) is 29.9 Å². The monoisotopic (exact) mass is 471 g/mol. The maximum atomic E-state index is 13.5. The van der Waals surface area contributed by atoms with Crippen molar-refractivity contribution in [2.75, 3.05) is 20.2 Å². The van der Waals surface area contributed by atoms with Crippen LogP contribution in [0.15, 0.2) is 82.4 Å². The molecule has 0 radical (unpaired) electrons. The molecule has 7 heteroatoms. The van der Waals surface area contributed by atoms with Gasteiger partial charge in [0, 0.05) is 19.6 Å². The first-order valence-electron chi connectivity index (χ1n) is 11.9. The van der Waals surface area contributed by atoms with Crippen molar-refractivity contribution in [1.82, 2.24) is 14.0 Å². The van der Waals surface area contributed by atoms with Gasteiger partial charge in [0.1, 0.15) is 5.75 Å². The van der Waals surface area contributed by atoms with Crippen LogP contribution in [0.1, 0.15) is 16.7 Å². The summed E-state index contributed by atoms with van der Waals surface area (Å²) in [7, 11) is 1.61. The van der Waals surface area contributed by atoms with Crippen molar-refractivity contribution in [2.45, 2.75) is 32.2 Å². The summed E-state index contributed by atoms with van der Waals surface area (Å²) in [5.74, 6) is 0.736. The Morgan fingerprint density at radius 1 is 0.886 bits per heavy atom. The second kappa shape index (κ2) is 9.90. The Labute approximate surface area is 203 Å². The molecule has 3 aromatic carbocycles. The zero-order chi connectivity index (χ0) is 24.4. The van der Waals surface area contributed by atoms with Gasteiger partial charge in [0.15, 0.2) is 0 Å². The maximum Gasteiger partial charge on any atom is 0.331 e. The van der Waals surface area contributed by atoms with Gasteiger partial charge in [-0.25, -0.2) is 4.79 Å². The standard InChI is InChI=1S/C28H29N3O4/c1-35-24-12-10-20(11-13-24)16-30-26-9-5-4-8-25(26)27(33)31(28(30)34)19-23(32)18-29-15-14-21-6-2-3-7-22(21)17-29/h2-13,23,32H,14-19H2,1H3. The number of benzene rings is 3. The molecule has 0 saturated heterocycles. The van der Waals surface area contributed by atoms with Crippen LogP contribution in [0.2, 0.25) is 0 Å². The van der Waals surface area contributed by atoms with Crippen molar-refractivity contribution in [3.63, 3.8) is 0 Å². The van der Waals surface area contributed by atoms with Gasteiger partial charge in [-0.05, 0) is 47.4 Å². The number of aromatic nitrogens is 2. The fourth-order valence-electron chi connectivity index (χ4n) is 4.87. The van der Waals surface area contributed by atoms with Crippen LogP contribution < -0.4 is 16.0 Å². The minimum atomic E-state index is -0.846. The highest BCUT2D eigenvalue weighted by molar-refractivity contribution is 5.77. The number of rotatable bonds is 7. The number of ether oxygens (including phenoxy) is 1. The minimum absolute atomic E-state index is 0.0523. The lowest BCUT2D eigenvalue weighted by Crippen LogP contribution is -2.45. The van der Waals surface area contributed by atoms with Gasteiger partial charge in [0.25, 0.3) is 5.56 Å². The predicted octanol–water partition coefficient (Wildman–Crippen LogP) is 2.64. The molecule has 7 nitrogen and oxygen atoms in total. The lowest BCUT2D eigenvalue weighted by atomic mass is 10.00. The topological polar surface area (TPSA) is 76.7 Å². The molecular formula is C28H29N3O4. The molecule has 0 saturated carbocycles. The third-order valence-corrected chi connectivity index (χ3v) is 6.70. The molecule has 0 amide bonds. The van der Waals surface area contributed by atoms with Crippen molar-refractivity contribution >= 4 is 10.9 Å². The van der Waals surface area contributed by atoms with Gasteiger partial charge in [0.2, 0.25) is 0 Å². The Balaban J connectivity index is 1.42. The molecule has 0 bridgehead atoms. The van der Waals surface area contributed by atoms with Gasteiger partial charge in [-0.15, -0.1) is 0 Å². The normalized spacial score (nSPS) is 14.6. The van der Waals surface area contributed by atoms with E-state index in [2.05, 4.69) is 17.0 Å². The van der Waals surface area contributed by atoms with E-state index in [0.29, 0.717) is 24.0 Å². The highest BCUT2D eigenvalue weighted by Crippen LogP contribution is 2.19. The lowest BCUT2D eigenvalue weighted by molar-refractivity contribution is 0.0897. The molecule has 1 N–H and O–H groups in total. The summed E-state index contributed by atoms with van der Waals surface area (Å²) < 4.78 is 8.00. The average molecular weight is 472 g/mol. The predicted molar refractivity (Wildman–Crippen MR) is 136 cm³/mol. The largest absolute Gasteiger partial charge is 0.497 e. The maximum absolute atomic E-state index is 13.5. The van der Waals surface area contributed by atoms with Crippen LogP contribution in [0, 0.1) is 0 Å². The molecule has 5 rings (SSSR count). The Bertz CT molecular complexity index is 1460.